The van der Waals surface area contributed by atoms with Gasteiger partial charge in [-0.15, -0.1) is 0 Å². The molecule has 9 nitrogen and oxygen atoms in total. The molecule has 2 rings (SSSR count). The number of nitrogens with one attached hydrogen (secondary N) is 1. The number of hydrogen-bond acceptors (Lipinski definition) is 6. The molecule has 0 saturated carbocycles. The van der Waals surface area contributed by atoms with Crippen molar-refractivity contribution < 1.29 is 18.3 Å². The summed E-state index contributed by atoms with van der Waals surface area (Å²) in [6.07, 6.45) is 0. The van der Waals surface area contributed by atoms with Crippen LogP contribution in [0.25, 0.3) is 0 Å². The Balaban J connectivity index is 2.50. The predicted octanol–water partition coefficient (Wildman–Crippen LogP) is 2.92. The van der Waals surface area contributed by atoms with E-state index in [0.29, 0.717) is 11.1 Å². The average molecular weight is 351 g/mol. The Bertz CT molecular complexity index is 940. The van der Waals surface area contributed by atoms with Crippen LogP contribution in [0.2, 0.25) is 0 Å². The lowest BCUT2D eigenvalue weighted by Crippen LogP contribution is -2.15. The van der Waals surface area contributed by atoms with Crippen LogP contribution in [-0.4, -0.2) is 18.3 Å². The summed E-state index contributed by atoms with van der Waals surface area (Å²) in [5.41, 5.74) is 0.176. The normalized spacial score (nSPS) is 11.1. The molecule has 0 unspecified atom stereocenters. The van der Waals surface area contributed by atoms with Crippen molar-refractivity contribution >= 4 is 27.1 Å². The molecule has 2 aromatic carbocycles. The van der Waals surface area contributed by atoms with Gasteiger partial charge in [0.15, 0.2) is 0 Å². The Morgan fingerprint density at radius 3 is 2.17 bits per heavy atom. The predicted molar refractivity (Wildman–Crippen MR) is 86.5 cm³/mol. The van der Waals surface area contributed by atoms with Crippen LogP contribution < -0.4 is 4.72 Å². The second-order valence-corrected chi connectivity index (χ2v) is 6.71. The second-order valence-electron chi connectivity index (χ2n) is 5.06. The maximum Gasteiger partial charge on any atom is 0.271 e. The minimum atomic E-state index is -4.14. The van der Waals surface area contributed by atoms with E-state index in [2.05, 4.69) is 4.72 Å². The van der Waals surface area contributed by atoms with Crippen LogP contribution in [0.5, 0.6) is 0 Å². The van der Waals surface area contributed by atoms with E-state index in [9.17, 15) is 28.6 Å². The summed E-state index contributed by atoms with van der Waals surface area (Å²) in [6.45, 7) is 3.09. The summed E-state index contributed by atoms with van der Waals surface area (Å²) >= 11 is 0. The molecular formula is C14H13N3O6S. The molecule has 0 heterocycles. The Labute approximate surface area is 137 Å². The van der Waals surface area contributed by atoms with Gasteiger partial charge >= 0.3 is 0 Å². The molecule has 0 amide bonds. The van der Waals surface area contributed by atoms with Crippen molar-refractivity contribution in [3.05, 3.63) is 67.8 Å². The third-order valence-electron chi connectivity index (χ3n) is 3.41. The molecule has 24 heavy (non-hydrogen) atoms. The lowest BCUT2D eigenvalue weighted by Gasteiger charge is -2.12. The zero-order valence-electron chi connectivity index (χ0n) is 12.7. The minimum Gasteiger partial charge on any atom is -0.279 e. The quantitative estimate of drug-likeness (QED) is 0.650. The minimum absolute atomic E-state index is 0.00670. The molecule has 10 heteroatoms. The van der Waals surface area contributed by atoms with E-state index in [1.807, 2.05) is 0 Å². The van der Waals surface area contributed by atoms with E-state index in [0.717, 1.165) is 12.1 Å². The van der Waals surface area contributed by atoms with Crippen LogP contribution in [0.3, 0.4) is 0 Å². The topological polar surface area (TPSA) is 132 Å². The van der Waals surface area contributed by atoms with Crippen molar-refractivity contribution in [3.8, 4) is 0 Å². The zero-order chi connectivity index (χ0) is 18.1. The summed E-state index contributed by atoms with van der Waals surface area (Å²) in [5.74, 6) is 0. The van der Waals surface area contributed by atoms with Gasteiger partial charge in [-0.25, -0.2) is 8.42 Å². The first-order valence-corrected chi connectivity index (χ1v) is 8.13. The number of aryl methyl sites for hydroxylation is 1. The molecule has 0 saturated heterocycles. The molecular weight excluding hydrogens is 338 g/mol. The van der Waals surface area contributed by atoms with Gasteiger partial charge in [0.2, 0.25) is 0 Å². The molecule has 0 aromatic heterocycles. The van der Waals surface area contributed by atoms with Crippen molar-refractivity contribution in [2.24, 2.45) is 0 Å². The number of nitro benzene ring substituents is 2. The summed E-state index contributed by atoms with van der Waals surface area (Å²) in [6, 6.07) is 7.22. The highest BCUT2D eigenvalue weighted by Crippen LogP contribution is 2.27. The van der Waals surface area contributed by atoms with E-state index in [1.165, 1.54) is 31.2 Å². The average Bonchev–Trinajstić information content (AvgIpc) is 2.49. The Morgan fingerprint density at radius 1 is 0.958 bits per heavy atom. The molecule has 126 valence electrons. The number of hydrogen-bond donors (Lipinski definition) is 1. The van der Waals surface area contributed by atoms with Gasteiger partial charge in [-0.05, 0) is 31.0 Å². The van der Waals surface area contributed by atoms with Gasteiger partial charge in [0, 0.05) is 24.3 Å². The maximum atomic E-state index is 12.5. The SMILES string of the molecule is Cc1cc([N+](=O)[O-])cc(S(=O)(=O)Nc2cccc([N+](=O)[O-])c2)c1C. The van der Waals surface area contributed by atoms with Crippen LogP contribution in [0.1, 0.15) is 11.1 Å². The van der Waals surface area contributed by atoms with Gasteiger partial charge in [0.1, 0.15) is 0 Å². The van der Waals surface area contributed by atoms with Gasteiger partial charge < -0.3 is 0 Å². The number of nitrogens with zero attached hydrogens (tertiary/aromatic N) is 2. The molecule has 1 N–H and O–H groups in total. The number of sulfonamides is 1. The summed E-state index contributed by atoms with van der Waals surface area (Å²) in [4.78, 5) is 20.1. The number of rotatable bonds is 5. The summed E-state index contributed by atoms with van der Waals surface area (Å²) < 4.78 is 27.3. The smallest absolute Gasteiger partial charge is 0.271 e. The molecule has 0 fully saturated rings. The number of nitro groups is 2. The molecule has 0 atom stereocenters. The number of anilines is 1. The number of non-ortho nitro benzene ring substituents is 2. The third kappa shape index (κ3) is 3.49. The fraction of sp³-hybridized carbons (Fsp3) is 0.143. The van der Waals surface area contributed by atoms with Crippen LogP contribution in [0.15, 0.2) is 41.3 Å². The first kappa shape index (κ1) is 17.3. The van der Waals surface area contributed by atoms with Crippen LogP contribution in [0.4, 0.5) is 17.1 Å². The van der Waals surface area contributed by atoms with Crippen LogP contribution in [-0.2, 0) is 10.0 Å². The van der Waals surface area contributed by atoms with Crippen LogP contribution >= 0.6 is 0 Å². The monoisotopic (exact) mass is 351 g/mol. The fourth-order valence-electron chi connectivity index (χ4n) is 2.09. The van der Waals surface area contributed by atoms with Crippen molar-refractivity contribution in [2.45, 2.75) is 18.7 Å². The van der Waals surface area contributed by atoms with E-state index >= 15 is 0 Å². The molecule has 2 aromatic rings. The fourth-order valence-corrected chi connectivity index (χ4v) is 3.47. The third-order valence-corrected chi connectivity index (χ3v) is 4.92. The second kappa shape index (κ2) is 6.24. The van der Waals surface area contributed by atoms with Gasteiger partial charge in [0.05, 0.1) is 20.4 Å². The van der Waals surface area contributed by atoms with Crippen molar-refractivity contribution in [3.63, 3.8) is 0 Å². The molecule has 0 aliphatic heterocycles. The molecule has 0 aliphatic carbocycles. The first-order chi connectivity index (χ1) is 11.1. The standard InChI is InChI=1S/C14H13N3O6S/c1-9-6-13(17(20)21)8-14(10(9)2)24(22,23)15-11-4-3-5-12(7-11)16(18)19/h3-8,15H,1-2H3. The largest absolute Gasteiger partial charge is 0.279 e. The van der Waals surface area contributed by atoms with Gasteiger partial charge in [-0.1, -0.05) is 6.07 Å². The zero-order valence-corrected chi connectivity index (χ0v) is 13.5. The van der Waals surface area contributed by atoms with Crippen LogP contribution in [0, 0.1) is 34.1 Å². The first-order valence-electron chi connectivity index (χ1n) is 6.65. The highest BCUT2D eigenvalue weighted by Gasteiger charge is 2.23. The molecule has 0 radical (unpaired) electrons. The van der Waals surface area contributed by atoms with Crippen molar-refractivity contribution in [1.82, 2.24) is 0 Å². The summed E-state index contributed by atoms with van der Waals surface area (Å²) in [5, 5.41) is 21.7. The van der Waals surface area contributed by atoms with Gasteiger partial charge in [0.25, 0.3) is 21.4 Å². The lowest BCUT2D eigenvalue weighted by atomic mass is 10.1. The Hall–Kier alpha value is -3.01. The lowest BCUT2D eigenvalue weighted by molar-refractivity contribution is -0.385. The summed E-state index contributed by atoms with van der Waals surface area (Å²) in [7, 11) is -4.14. The highest BCUT2D eigenvalue weighted by molar-refractivity contribution is 7.92. The molecule has 0 aliphatic rings. The Kier molecular flexibility index (Phi) is 4.51. The molecule has 0 spiro atoms. The Morgan fingerprint density at radius 2 is 1.58 bits per heavy atom. The van der Waals surface area contributed by atoms with Gasteiger partial charge in [-0.3, -0.25) is 25.0 Å². The number of benzene rings is 2. The molecule has 0 bridgehead atoms. The van der Waals surface area contributed by atoms with Crippen molar-refractivity contribution in [1.29, 1.82) is 0 Å². The van der Waals surface area contributed by atoms with E-state index < -0.39 is 19.9 Å². The van der Waals surface area contributed by atoms with E-state index in [-0.39, 0.29) is 22.0 Å². The van der Waals surface area contributed by atoms with E-state index in [4.69, 9.17) is 0 Å². The highest BCUT2D eigenvalue weighted by atomic mass is 32.2. The van der Waals surface area contributed by atoms with Crippen molar-refractivity contribution in [2.75, 3.05) is 4.72 Å². The van der Waals surface area contributed by atoms with E-state index in [1.54, 1.807) is 6.92 Å². The maximum absolute atomic E-state index is 12.5. The van der Waals surface area contributed by atoms with Gasteiger partial charge in [-0.2, -0.15) is 0 Å².